The van der Waals surface area contributed by atoms with Gasteiger partial charge in [-0.1, -0.05) is 55.8 Å². The lowest BCUT2D eigenvalue weighted by Gasteiger charge is -2.10. The maximum atomic E-state index is 12.2. The molecule has 6 nitrogen and oxygen atoms in total. The summed E-state index contributed by atoms with van der Waals surface area (Å²) in [5.74, 6) is 0.184. The van der Waals surface area contributed by atoms with Crippen LogP contribution in [-0.4, -0.2) is 27.5 Å². The molecule has 3 aromatic carbocycles. The van der Waals surface area contributed by atoms with Crippen LogP contribution >= 0.6 is 0 Å². The normalized spacial score (nSPS) is 11.4. The molecule has 0 radical (unpaired) electrons. The van der Waals surface area contributed by atoms with E-state index in [0.29, 0.717) is 18.8 Å². The summed E-state index contributed by atoms with van der Waals surface area (Å²) in [6.07, 6.45) is 1.70. The van der Waals surface area contributed by atoms with Gasteiger partial charge in [-0.25, -0.2) is 13.1 Å². The molecule has 0 spiro atoms. The Balaban J connectivity index is 1.51. The molecule has 2 N–H and O–H groups in total. The van der Waals surface area contributed by atoms with Crippen LogP contribution in [0.2, 0.25) is 0 Å². The van der Waals surface area contributed by atoms with E-state index in [1.165, 1.54) is 12.1 Å². The van der Waals surface area contributed by atoms with E-state index in [1.54, 1.807) is 12.1 Å². The van der Waals surface area contributed by atoms with E-state index in [4.69, 9.17) is 4.74 Å². The maximum absolute atomic E-state index is 12.2. The summed E-state index contributed by atoms with van der Waals surface area (Å²) in [4.78, 5) is 12.3. The summed E-state index contributed by atoms with van der Waals surface area (Å²) in [6, 6.07) is 20.0. The first kappa shape index (κ1) is 21.8. The summed E-state index contributed by atoms with van der Waals surface area (Å²) >= 11 is 0. The van der Waals surface area contributed by atoms with Crippen LogP contribution in [0.15, 0.2) is 71.6 Å². The third kappa shape index (κ3) is 5.81. The zero-order valence-corrected chi connectivity index (χ0v) is 17.7. The standard InChI is InChI=1S/C23H26N2O4S/c1-2-3-15-25-30(27,28)21-13-11-20(12-14-21)29-17-23(26)24-16-19-9-6-8-18-7-4-5-10-22(18)19/h4-14,25H,2-3,15-17H2,1H3,(H,24,26). The van der Waals surface area contributed by atoms with Crippen LogP contribution in [0.1, 0.15) is 25.3 Å². The molecule has 0 fully saturated rings. The van der Waals surface area contributed by atoms with Gasteiger partial charge in [0.05, 0.1) is 4.90 Å². The Morgan fingerprint density at radius 1 is 0.967 bits per heavy atom. The van der Waals surface area contributed by atoms with Crippen molar-refractivity contribution in [1.82, 2.24) is 10.0 Å². The van der Waals surface area contributed by atoms with E-state index < -0.39 is 10.0 Å². The summed E-state index contributed by atoms with van der Waals surface area (Å²) in [6.45, 7) is 2.67. The molecule has 3 rings (SSSR count). The van der Waals surface area contributed by atoms with Crippen LogP contribution in [0.5, 0.6) is 5.75 Å². The fourth-order valence-electron chi connectivity index (χ4n) is 3.02. The summed E-state index contributed by atoms with van der Waals surface area (Å²) in [5, 5.41) is 5.08. The van der Waals surface area contributed by atoms with Crippen molar-refractivity contribution in [2.45, 2.75) is 31.2 Å². The topological polar surface area (TPSA) is 84.5 Å². The number of ether oxygens (including phenoxy) is 1. The van der Waals surface area contributed by atoms with Crippen LogP contribution in [0.4, 0.5) is 0 Å². The van der Waals surface area contributed by atoms with Gasteiger partial charge in [-0.05, 0) is 47.0 Å². The molecule has 7 heteroatoms. The van der Waals surface area contributed by atoms with E-state index >= 15 is 0 Å². The molecule has 0 heterocycles. The third-order valence-corrected chi connectivity index (χ3v) is 6.16. The highest BCUT2D eigenvalue weighted by Gasteiger charge is 2.13. The van der Waals surface area contributed by atoms with E-state index in [2.05, 4.69) is 10.0 Å². The Kier molecular flexibility index (Phi) is 7.43. The second-order valence-corrected chi connectivity index (χ2v) is 8.69. The molecule has 158 valence electrons. The molecule has 0 unspecified atom stereocenters. The molecule has 30 heavy (non-hydrogen) atoms. The molecule has 0 atom stereocenters. The fraction of sp³-hybridized carbons (Fsp3) is 0.261. The minimum Gasteiger partial charge on any atom is -0.484 e. The molecule has 0 saturated carbocycles. The molecule has 1 amide bonds. The Bertz CT molecular complexity index is 1090. The first-order chi connectivity index (χ1) is 14.5. The van der Waals surface area contributed by atoms with Gasteiger partial charge in [-0.15, -0.1) is 0 Å². The molecule has 0 bridgehead atoms. The molecule has 0 aliphatic rings. The van der Waals surface area contributed by atoms with Crippen molar-refractivity contribution < 1.29 is 17.9 Å². The van der Waals surface area contributed by atoms with Crippen LogP contribution in [-0.2, 0) is 21.4 Å². The Morgan fingerprint density at radius 2 is 1.70 bits per heavy atom. The number of amides is 1. The Labute approximate surface area is 177 Å². The second kappa shape index (κ2) is 10.2. The highest BCUT2D eigenvalue weighted by molar-refractivity contribution is 7.89. The zero-order chi connectivity index (χ0) is 21.4. The Morgan fingerprint density at radius 3 is 2.47 bits per heavy atom. The lowest BCUT2D eigenvalue weighted by atomic mass is 10.0. The van der Waals surface area contributed by atoms with Gasteiger partial charge in [0, 0.05) is 13.1 Å². The molecule has 0 aliphatic heterocycles. The van der Waals surface area contributed by atoms with Gasteiger partial charge in [-0.3, -0.25) is 4.79 Å². The quantitative estimate of drug-likeness (QED) is 0.485. The highest BCUT2D eigenvalue weighted by atomic mass is 32.2. The summed E-state index contributed by atoms with van der Waals surface area (Å²) < 4.78 is 32.4. The minimum atomic E-state index is -3.52. The molecule has 3 aromatic rings. The number of hydrogen-bond donors (Lipinski definition) is 2. The van der Waals surface area contributed by atoms with Crippen molar-refractivity contribution >= 4 is 26.7 Å². The van der Waals surface area contributed by atoms with Crippen LogP contribution < -0.4 is 14.8 Å². The first-order valence-electron chi connectivity index (χ1n) is 9.95. The molecule has 0 aromatic heterocycles. The number of unbranched alkanes of at least 4 members (excludes halogenated alkanes) is 1. The van der Waals surface area contributed by atoms with Crippen molar-refractivity contribution in [3.8, 4) is 5.75 Å². The van der Waals surface area contributed by atoms with Gasteiger partial charge in [0.25, 0.3) is 5.91 Å². The van der Waals surface area contributed by atoms with Crippen molar-refractivity contribution in [2.75, 3.05) is 13.2 Å². The second-order valence-electron chi connectivity index (χ2n) is 6.93. The maximum Gasteiger partial charge on any atom is 0.258 e. The van der Waals surface area contributed by atoms with Crippen molar-refractivity contribution in [3.63, 3.8) is 0 Å². The van der Waals surface area contributed by atoms with Gasteiger partial charge in [-0.2, -0.15) is 0 Å². The highest BCUT2D eigenvalue weighted by Crippen LogP contribution is 2.18. The molecule has 0 saturated heterocycles. The van der Waals surface area contributed by atoms with Gasteiger partial charge in [0.1, 0.15) is 5.75 Å². The first-order valence-corrected chi connectivity index (χ1v) is 11.4. The number of carbonyl (C=O) groups excluding carboxylic acids is 1. The van der Waals surface area contributed by atoms with Crippen LogP contribution in [0.3, 0.4) is 0 Å². The van der Waals surface area contributed by atoms with E-state index in [0.717, 1.165) is 29.2 Å². The number of rotatable bonds is 10. The van der Waals surface area contributed by atoms with Gasteiger partial charge >= 0.3 is 0 Å². The predicted octanol–water partition coefficient (Wildman–Crippen LogP) is 3.61. The zero-order valence-electron chi connectivity index (χ0n) is 16.9. The lowest BCUT2D eigenvalue weighted by Crippen LogP contribution is -2.28. The predicted molar refractivity (Wildman–Crippen MR) is 118 cm³/mol. The van der Waals surface area contributed by atoms with Crippen molar-refractivity contribution in [2.24, 2.45) is 0 Å². The number of hydrogen-bond acceptors (Lipinski definition) is 4. The third-order valence-electron chi connectivity index (χ3n) is 4.68. The van der Waals surface area contributed by atoms with Gasteiger partial charge in [0.2, 0.25) is 10.0 Å². The van der Waals surface area contributed by atoms with E-state index in [-0.39, 0.29) is 17.4 Å². The number of fused-ring (bicyclic) bond motifs is 1. The van der Waals surface area contributed by atoms with E-state index in [1.807, 2.05) is 49.4 Å². The molecule has 0 aliphatic carbocycles. The van der Waals surface area contributed by atoms with E-state index in [9.17, 15) is 13.2 Å². The number of sulfonamides is 1. The van der Waals surface area contributed by atoms with Crippen molar-refractivity contribution in [1.29, 1.82) is 0 Å². The number of benzene rings is 3. The van der Waals surface area contributed by atoms with Crippen molar-refractivity contribution in [3.05, 3.63) is 72.3 Å². The average molecular weight is 427 g/mol. The fourth-order valence-corrected chi connectivity index (χ4v) is 4.10. The lowest BCUT2D eigenvalue weighted by molar-refractivity contribution is -0.123. The van der Waals surface area contributed by atoms with Gasteiger partial charge in [0.15, 0.2) is 6.61 Å². The molecular formula is C23H26N2O4S. The largest absolute Gasteiger partial charge is 0.484 e. The SMILES string of the molecule is CCCCNS(=O)(=O)c1ccc(OCC(=O)NCc2cccc3ccccc23)cc1. The average Bonchev–Trinajstić information content (AvgIpc) is 2.76. The van der Waals surface area contributed by atoms with Crippen LogP contribution in [0.25, 0.3) is 10.8 Å². The summed E-state index contributed by atoms with van der Waals surface area (Å²) in [7, 11) is -3.52. The number of nitrogens with one attached hydrogen (secondary N) is 2. The number of carbonyl (C=O) groups is 1. The Hall–Kier alpha value is -2.90. The monoisotopic (exact) mass is 426 g/mol. The molecular weight excluding hydrogens is 400 g/mol. The van der Waals surface area contributed by atoms with Crippen LogP contribution in [0, 0.1) is 0 Å². The minimum absolute atomic E-state index is 0.147. The summed E-state index contributed by atoms with van der Waals surface area (Å²) in [5.41, 5.74) is 1.03. The van der Waals surface area contributed by atoms with Gasteiger partial charge < -0.3 is 10.1 Å². The smallest absolute Gasteiger partial charge is 0.258 e.